The smallest absolute Gasteiger partial charge is 0.326 e. The number of imidazole rings is 1. The standard InChI is InChI=1S/C30H28N8O4/c39-29(33-25(30(40)41)14-20-15-31-23-8-6-17(12-22(20)23)27-34-36-37-35-27)18-7-9-26-24(13-18)32-28(19-10-11-42-16-19)38(26)21-4-2-1-3-5-21/h6-13,15-16,21,25,27,31H,1-5,14H2,(H,33,39)(H,40,41)/t25-/m0/s1. The largest absolute Gasteiger partial charge is 0.480 e. The zero-order chi connectivity index (χ0) is 28.6. The lowest BCUT2D eigenvalue weighted by atomic mass is 9.95. The van der Waals surface area contributed by atoms with E-state index in [9.17, 15) is 14.7 Å². The highest BCUT2D eigenvalue weighted by atomic mass is 16.4. The molecule has 7 rings (SSSR count). The average Bonchev–Trinajstić information content (AvgIpc) is 3.83. The monoisotopic (exact) mass is 564 g/mol. The number of carboxylic acid groups (broad SMARTS) is 1. The van der Waals surface area contributed by atoms with E-state index in [1.54, 1.807) is 30.9 Å². The second kappa shape index (κ2) is 10.7. The number of nitrogens with one attached hydrogen (secondary N) is 2. The van der Waals surface area contributed by atoms with Gasteiger partial charge in [-0.3, -0.25) is 4.79 Å². The number of carboxylic acids is 1. The molecule has 5 aromatic rings. The molecule has 0 saturated heterocycles. The third kappa shape index (κ3) is 4.74. The van der Waals surface area contributed by atoms with Gasteiger partial charge in [-0.05, 0) is 65.2 Å². The molecule has 3 aromatic heterocycles. The van der Waals surface area contributed by atoms with E-state index in [2.05, 4.69) is 35.5 Å². The van der Waals surface area contributed by atoms with Crippen molar-refractivity contribution < 1.29 is 19.1 Å². The summed E-state index contributed by atoms with van der Waals surface area (Å²) >= 11 is 0. The molecule has 12 heteroatoms. The summed E-state index contributed by atoms with van der Waals surface area (Å²) in [6.07, 6.45) is 10.4. The number of furan rings is 1. The molecule has 12 nitrogen and oxygen atoms in total. The van der Waals surface area contributed by atoms with Crippen molar-refractivity contribution in [2.75, 3.05) is 0 Å². The van der Waals surface area contributed by atoms with Gasteiger partial charge in [-0.2, -0.15) is 0 Å². The van der Waals surface area contributed by atoms with Gasteiger partial charge in [0.25, 0.3) is 5.91 Å². The molecule has 212 valence electrons. The van der Waals surface area contributed by atoms with Crippen LogP contribution in [0.3, 0.4) is 0 Å². The molecule has 1 amide bonds. The van der Waals surface area contributed by atoms with Gasteiger partial charge >= 0.3 is 5.97 Å². The number of carbonyl (C=O) groups excluding carboxylic acids is 1. The quantitative estimate of drug-likeness (QED) is 0.195. The fourth-order valence-electron chi connectivity index (χ4n) is 6.03. The van der Waals surface area contributed by atoms with E-state index >= 15 is 0 Å². The van der Waals surface area contributed by atoms with Crippen LogP contribution in [-0.4, -0.2) is 37.6 Å². The Bertz CT molecular complexity index is 1830. The molecule has 1 fully saturated rings. The molecule has 4 heterocycles. The molecule has 2 aromatic carbocycles. The number of carbonyl (C=O) groups is 2. The van der Waals surface area contributed by atoms with Crippen molar-refractivity contribution >= 4 is 33.8 Å². The van der Waals surface area contributed by atoms with E-state index in [-0.39, 0.29) is 6.42 Å². The molecular weight excluding hydrogens is 536 g/mol. The first kappa shape index (κ1) is 25.8. The van der Waals surface area contributed by atoms with E-state index in [4.69, 9.17) is 9.40 Å². The highest BCUT2D eigenvalue weighted by molar-refractivity contribution is 5.99. The summed E-state index contributed by atoms with van der Waals surface area (Å²) in [6, 6.07) is 12.1. The number of nitrogens with zero attached hydrogens (tertiary/aromatic N) is 6. The van der Waals surface area contributed by atoms with Crippen molar-refractivity contribution in [1.29, 1.82) is 0 Å². The van der Waals surface area contributed by atoms with E-state index in [0.29, 0.717) is 17.1 Å². The summed E-state index contributed by atoms with van der Waals surface area (Å²) in [4.78, 5) is 33.7. The summed E-state index contributed by atoms with van der Waals surface area (Å²) in [5.41, 5.74) is 5.23. The van der Waals surface area contributed by atoms with Crippen LogP contribution < -0.4 is 5.32 Å². The third-order valence-electron chi connectivity index (χ3n) is 8.15. The average molecular weight is 565 g/mol. The summed E-state index contributed by atoms with van der Waals surface area (Å²) in [5.74, 6) is -0.795. The van der Waals surface area contributed by atoms with Gasteiger partial charge in [-0.1, -0.05) is 25.3 Å². The van der Waals surface area contributed by atoms with E-state index < -0.39 is 24.1 Å². The van der Waals surface area contributed by atoms with E-state index in [1.165, 1.54) is 19.3 Å². The summed E-state index contributed by atoms with van der Waals surface area (Å²) in [6.45, 7) is 0. The molecule has 3 N–H and O–H groups in total. The van der Waals surface area contributed by atoms with Crippen LogP contribution in [0.25, 0.3) is 33.3 Å². The fourth-order valence-corrected chi connectivity index (χ4v) is 6.03. The van der Waals surface area contributed by atoms with Gasteiger partial charge in [0, 0.05) is 40.7 Å². The number of aliphatic carboxylic acids is 1. The van der Waals surface area contributed by atoms with E-state index in [0.717, 1.165) is 51.8 Å². The highest BCUT2D eigenvalue weighted by Gasteiger charge is 2.26. The summed E-state index contributed by atoms with van der Waals surface area (Å²) in [5, 5.41) is 28.7. The first-order chi connectivity index (χ1) is 20.5. The van der Waals surface area contributed by atoms with Crippen molar-refractivity contribution in [1.82, 2.24) is 19.9 Å². The molecule has 0 radical (unpaired) electrons. The molecule has 0 bridgehead atoms. The lowest BCUT2D eigenvalue weighted by molar-refractivity contribution is -0.139. The Balaban J connectivity index is 1.16. The van der Waals surface area contributed by atoms with Gasteiger partial charge in [-0.15, -0.1) is 10.2 Å². The summed E-state index contributed by atoms with van der Waals surface area (Å²) < 4.78 is 7.61. The predicted octanol–water partition coefficient (Wildman–Crippen LogP) is 6.54. The van der Waals surface area contributed by atoms with Crippen LogP contribution in [0, 0.1) is 0 Å². The Morgan fingerprint density at radius 2 is 1.90 bits per heavy atom. The SMILES string of the molecule is O=C(N[C@@H](Cc1c[nH]c2ccc(C3N=NN=N3)cc12)C(=O)O)c1ccc2c(c1)nc(-c1ccoc1)n2C1CCCCC1. The molecular formula is C30H28N8O4. The van der Waals surface area contributed by atoms with Crippen LogP contribution in [0.4, 0.5) is 0 Å². The Hall–Kier alpha value is -5.13. The van der Waals surface area contributed by atoms with Gasteiger partial charge in [-0.25, -0.2) is 9.78 Å². The minimum atomic E-state index is -1.15. The zero-order valence-electron chi connectivity index (χ0n) is 22.6. The molecule has 1 aliphatic carbocycles. The van der Waals surface area contributed by atoms with Crippen molar-refractivity contribution in [3.05, 3.63) is 77.9 Å². The normalized spacial score (nSPS) is 16.5. The maximum Gasteiger partial charge on any atom is 0.326 e. The Labute approximate surface area is 239 Å². The third-order valence-corrected chi connectivity index (χ3v) is 8.15. The van der Waals surface area contributed by atoms with Gasteiger partial charge in [0.05, 0.1) is 22.9 Å². The number of hydrogen-bond donors (Lipinski definition) is 3. The van der Waals surface area contributed by atoms with Crippen LogP contribution in [0.15, 0.2) is 86.3 Å². The first-order valence-corrected chi connectivity index (χ1v) is 14.0. The highest BCUT2D eigenvalue weighted by Crippen LogP contribution is 2.36. The number of rotatable bonds is 8. The number of aromatic amines is 1. The lowest BCUT2D eigenvalue weighted by Gasteiger charge is -2.25. The predicted molar refractivity (Wildman–Crippen MR) is 153 cm³/mol. The molecule has 0 spiro atoms. The Morgan fingerprint density at radius 3 is 2.67 bits per heavy atom. The van der Waals surface area contributed by atoms with E-state index in [1.807, 2.05) is 30.3 Å². The second-order valence-electron chi connectivity index (χ2n) is 10.8. The van der Waals surface area contributed by atoms with Gasteiger partial charge in [0.2, 0.25) is 6.17 Å². The van der Waals surface area contributed by atoms with Gasteiger partial charge in [0.15, 0.2) is 0 Å². The number of hydrogen-bond acceptors (Lipinski definition) is 8. The maximum absolute atomic E-state index is 13.4. The number of amides is 1. The number of aromatic nitrogens is 3. The van der Waals surface area contributed by atoms with Crippen LogP contribution in [0.2, 0.25) is 0 Å². The van der Waals surface area contributed by atoms with Crippen molar-refractivity contribution in [3.8, 4) is 11.4 Å². The second-order valence-corrected chi connectivity index (χ2v) is 10.8. The lowest BCUT2D eigenvalue weighted by Crippen LogP contribution is -2.42. The molecule has 1 aliphatic heterocycles. The molecule has 1 saturated carbocycles. The van der Waals surface area contributed by atoms with Crippen molar-refractivity contribution in [2.45, 2.75) is 56.8 Å². The maximum atomic E-state index is 13.4. The number of fused-ring (bicyclic) bond motifs is 2. The number of H-pyrrole nitrogens is 1. The number of benzene rings is 2. The first-order valence-electron chi connectivity index (χ1n) is 14.0. The molecule has 0 unspecified atom stereocenters. The minimum absolute atomic E-state index is 0.0847. The zero-order valence-corrected chi connectivity index (χ0v) is 22.6. The molecule has 42 heavy (non-hydrogen) atoms. The molecule has 2 aliphatic rings. The summed E-state index contributed by atoms with van der Waals surface area (Å²) in [7, 11) is 0. The van der Waals surface area contributed by atoms with Crippen LogP contribution >= 0.6 is 0 Å². The molecule has 1 atom stereocenters. The minimum Gasteiger partial charge on any atom is -0.480 e. The Kier molecular flexibility index (Phi) is 6.57. The topological polar surface area (TPSA) is 163 Å². The Morgan fingerprint density at radius 1 is 1.07 bits per heavy atom. The fraction of sp³-hybridized carbons (Fsp3) is 0.300. The van der Waals surface area contributed by atoms with Crippen molar-refractivity contribution in [2.24, 2.45) is 20.7 Å². The van der Waals surface area contributed by atoms with Gasteiger partial charge < -0.3 is 24.4 Å². The van der Waals surface area contributed by atoms with Gasteiger partial charge in [0.1, 0.15) is 18.1 Å². The van der Waals surface area contributed by atoms with Crippen LogP contribution in [0.1, 0.15) is 65.8 Å². The van der Waals surface area contributed by atoms with Crippen molar-refractivity contribution in [3.63, 3.8) is 0 Å². The van der Waals surface area contributed by atoms with Crippen LogP contribution in [-0.2, 0) is 11.2 Å². The van der Waals surface area contributed by atoms with Crippen LogP contribution in [0.5, 0.6) is 0 Å².